The molecule has 0 saturated heterocycles. The molecule has 4 N–H and O–H groups in total. The number of nitrogens with zero attached hydrogens (tertiary/aromatic N) is 17. The molecule has 0 unspecified atom stereocenters. The van der Waals surface area contributed by atoms with Crippen LogP contribution < -0.4 is 111 Å². The number of anilines is 2. The number of hydrogen-bond acceptors (Lipinski definition) is 27. The van der Waals surface area contributed by atoms with Crippen molar-refractivity contribution in [1.29, 1.82) is 5.26 Å². The van der Waals surface area contributed by atoms with Crippen molar-refractivity contribution in [3.05, 3.63) is 89.3 Å². The molecule has 5 heterocycles. The second kappa shape index (κ2) is 29.4. The number of azo groups is 2. The van der Waals surface area contributed by atoms with Gasteiger partial charge < -0.3 is 25.7 Å². The maximum absolute atomic E-state index is 13.0. The van der Waals surface area contributed by atoms with Gasteiger partial charge in [-0.05, 0) is 23.2 Å². The molecule has 0 aliphatic heterocycles. The van der Waals surface area contributed by atoms with Crippen LogP contribution >= 0.6 is 0 Å². The van der Waals surface area contributed by atoms with Gasteiger partial charge in [0.15, 0.2) is 34.6 Å². The summed E-state index contributed by atoms with van der Waals surface area (Å²) in [6.45, 7) is 14.6. The molecule has 7 rings (SSSR count). The van der Waals surface area contributed by atoms with Crippen LogP contribution in [0.5, 0.6) is 6.01 Å². The van der Waals surface area contributed by atoms with Crippen LogP contribution in [0.2, 0.25) is 0 Å². The van der Waals surface area contributed by atoms with E-state index in [-0.39, 0.29) is 175 Å². The van der Waals surface area contributed by atoms with Crippen LogP contribution in [0.3, 0.4) is 0 Å². The average molecular weight is 1080 g/mol. The van der Waals surface area contributed by atoms with Crippen molar-refractivity contribution in [2.45, 2.75) is 49.3 Å². The van der Waals surface area contributed by atoms with Crippen LogP contribution in [0.15, 0.2) is 79.0 Å². The van der Waals surface area contributed by atoms with E-state index >= 15 is 0 Å². The SMILES string of the molecule is O=S(=O)=O.O=S(=O)=O.[C-]#[N+]c1cnn(-c2c[c-]cc(S(=O)(=O)[O-])c2)c1N=Nc1c(C(C)C)nn(-c2nc([O-])nc(-n3nc(C(C)C)c(N=Nc4c(C#N)cnn4-c4c[c-]cc(S(=O)(=O)[O-])c4)c3N)n2)c1N.[Li+].[Li+].[Li+].[Li+].[Li+]. The Bertz CT molecular complexity index is 3600. The summed E-state index contributed by atoms with van der Waals surface area (Å²) in [6, 6.07) is 12.6. The summed E-state index contributed by atoms with van der Waals surface area (Å²) in [5, 5.41) is 56.9. The van der Waals surface area contributed by atoms with Crippen molar-refractivity contribution in [3.8, 4) is 35.4 Å². The summed E-state index contributed by atoms with van der Waals surface area (Å²) >= 11 is 0. The third-order valence-electron chi connectivity index (χ3n) is 8.67. The van der Waals surface area contributed by atoms with Gasteiger partial charge in [0, 0.05) is 0 Å². The van der Waals surface area contributed by atoms with Gasteiger partial charge in [0.05, 0.1) is 56.6 Å². The monoisotopic (exact) mass is 1080 g/mol. The van der Waals surface area contributed by atoms with Crippen LogP contribution in [-0.4, -0.2) is 105 Å². The minimum absolute atomic E-state index is 0. The second-order valence-corrected chi connectivity index (χ2v) is 17.5. The molecular weight excluding hydrogens is 1060 g/mol. The molecule has 0 fully saturated rings. The predicted octanol–water partition coefficient (Wildman–Crippen LogP) is -13.2. The quantitative estimate of drug-likeness (QED) is 0.0496. The van der Waals surface area contributed by atoms with Crippen LogP contribution in [0.1, 0.15) is 56.5 Å². The standard InChI is InChI=1S/C35H29N19O7S2.5Li.2O3S/c1-17(2)25-27(45-47-31-19(14-36)15-40-51(31)20-8-6-10-22(12-20)62(56,57)58)29(37)53(49-25)33-42-34(44-35(55)43-33)54-30(38)28(26(50-54)18(3)4)46-48-32-24(39-5)16-41-52(32)21-9-7-11-23(13-21)63(59,60)61;;;;;;2*1-4(2)3/h8-13,15-18H,37-38H2,1-4H3,(H,56,57,58)(H,59,60,61)(H,42,43,44,55);;;;;;;/q-2;5*+1;;/p-3. The van der Waals surface area contributed by atoms with E-state index in [0.717, 1.165) is 55.4 Å². The number of rotatable bonds is 12. The fourth-order valence-corrected chi connectivity index (χ4v) is 6.65. The van der Waals surface area contributed by atoms with E-state index < -0.39 is 69.2 Å². The molecule has 76 heavy (non-hydrogen) atoms. The van der Waals surface area contributed by atoms with Gasteiger partial charge in [-0.2, -0.15) is 76.4 Å². The van der Waals surface area contributed by atoms with E-state index in [4.69, 9.17) is 43.3 Å². The Morgan fingerprint density at radius 2 is 1.04 bits per heavy atom. The van der Waals surface area contributed by atoms with E-state index in [1.54, 1.807) is 27.7 Å². The van der Waals surface area contributed by atoms with Gasteiger partial charge in [-0.1, -0.05) is 37.5 Å². The number of nitriles is 1. The summed E-state index contributed by atoms with van der Waals surface area (Å²) < 4.78 is 125. The summed E-state index contributed by atoms with van der Waals surface area (Å²) in [4.78, 5) is 14.3. The number of hydrogen-bond donors (Lipinski definition) is 2. The van der Waals surface area contributed by atoms with E-state index in [9.17, 15) is 36.3 Å². The van der Waals surface area contributed by atoms with Crippen molar-refractivity contribution in [2.24, 2.45) is 20.5 Å². The minimum atomic E-state index is -4.87. The third kappa shape index (κ3) is 17.0. The van der Waals surface area contributed by atoms with Crippen LogP contribution in [-0.2, 0) is 41.5 Å². The molecule has 0 bridgehead atoms. The van der Waals surface area contributed by atoms with Gasteiger partial charge in [0.25, 0.3) is 17.6 Å². The number of nitrogens with two attached hydrogens (primary N) is 2. The molecule has 0 aliphatic carbocycles. The molecule has 368 valence electrons. The molecule has 2 aromatic carbocycles. The average Bonchev–Trinajstić information content (AvgIpc) is 4.06. The summed E-state index contributed by atoms with van der Waals surface area (Å²) in [7, 11) is -16.0. The molecule has 5 aromatic heterocycles. The number of aromatic nitrogens is 11. The molecular formula is C35H26Li5N19O13S4. The Morgan fingerprint density at radius 3 is 1.41 bits per heavy atom. The fourth-order valence-electron chi connectivity index (χ4n) is 5.70. The summed E-state index contributed by atoms with van der Waals surface area (Å²) in [5.74, 6) is -2.31. The van der Waals surface area contributed by atoms with Gasteiger partial charge in [0.2, 0.25) is 0 Å². The first-order chi connectivity index (χ1) is 33.3. The fraction of sp³-hybridized carbons (Fsp3) is 0.171. The molecule has 0 saturated carbocycles. The van der Waals surface area contributed by atoms with Crippen LogP contribution in [0.4, 0.5) is 40.3 Å². The molecule has 0 aliphatic rings. The molecule has 7 aromatic rings. The topological polar surface area (TPSA) is 479 Å². The zero-order valence-corrected chi connectivity index (χ0v) is 44.2. The number of benzene rings is 2. The minimum Gasteiger partial charge on any atom is -0.844 e. The van der Waals surface area contributed by atoms with Crippen molar-refractivity contribution in [1.82, 2.24) is 54.1 Å². The first-order valence-electron chi connectivity index (χ1n) is 18.7. The van der Waals surface area contributed by atoms with Crippen LogP contribution in [0, 0.1) is 30.0 Å². The van der Waals surface area contributed by atoms with E-state index in [1.165, 1.54) is 12.1 Å². The smallest absolute Gasteiger partial charge is 0.844 e. The van der Waals surface area contributed by atoms with Crippen molar-refractivity contribution in [2.75, 3.05) is 11.5 Å². The Morgan fingerprint density at radius 1 is 0.658 bits per heavy atom. The molecule has 0 radical (unpaired) electrons. The molecule has 0 spiro atoms. The van der Waals surface area contributed by atoms with Crippen molar-refractivity contribution >= 4 is 81.8 Å². The van der Waals surface area contributed by atoms with Gasteiger partial charge in [-0.3, -0.25) is 26.2 Å². The molecule has 32 nitrogen and oxygen atoms in total. The molecule has 41 heteroatoms. The van der Waals surface area contributed by atoms with E-state index in [1.807, 2.05) is 6.07 Å². The van der Waals surface area contributed by atoms with Gasteiger partial charge >= 0.3 is 116 Å². The van der Waals surface area contributed by atoms with Crippen molar-refractivity contribution < 1.29 is 151 Å². The summed E-state index contributed by atoms with van der Waals surface area (Å²) in [6.07, 6.45) is 2.30. The summed E-state index contributed by atoms with van der Waals surface area (Å²) in [5.41, 5.74) is 13.4. The Labute approximate surface area is 493 Å². The number of nitrogen functional groups attached to an aromatic ring is 2. The third-order valence-corrected chi connectivity index (χ3v) is 10.3. The zero-order chi connectivity index (χ0) is 52.7. The Hall–Kier alpha value is -6.08. The largest absolute Gasteiger partial charge is 1.00 e. The van der Waals surface area contributed by atoms with E-state index in [0.29, 0.717) is 0 Å². The Balaban J connectivity index is 0.00000404. The van der Waals surface area contributed by atoms with Crippen LogP contribution in [0.25, 0.3) is 28.1 Å². The first kappa shape index (κ1) is 69.9. The zero-order valence-electron chi connectivity index (χ0n) is 41.0. The Kier molecular flexibility index (Phi) is 27.1. The maximum Gasteiger partial charge on any atom is 1.00 e. The normalized spacial score (nSPS) is 10.8. The van der Waals surface area contributed by atoms with Gasteiger partial charge in [-0.25, -0.2) is 14.8 Å². The van der Waals surface area contributed by atoms with Gasteiger partial charge in [0.1, 0.15) is 11.6 Å². The maximum atomic E-state index is 13.0. The van der Waals surface area contributed by atoms with E-state index in [2.05, 4.69) is 72.8 Å². The molecule has 0 atom stereocenters. The predicted molar refractivity (Wildman–Crippen MR) is 230 cm³/mol. The first-order valence-corrected chi connectivity index (χ1v) is 23.5. The second-order valence-electron chi connectivity index (χ2n) is 13.9. The van der Waals surface area contributed by atoms with Crippen molar-refractivity contribution in [3.63, 3.8) is 0 Å². The molecule has 0 amide bonds. The van der Waals surface area contributed by atoms with Gasteiger partial charge in [-0.15, -0.1) is 57.8 Å².